The Morgan fingerprint density at radius 1 is 0.0650 bits per heavy atom. The van der Waals surface area contributed by atoms with E-state index in [-0.39, 0.29) is 136 Å². The summed E-state index contributed by atoms with van der Waals surface area (Å²) >= 11 is 218. The van der Waals surface area contributed by atoms with Crippen molar-refractivity contribution in [3.63, 3.8) is 0 Å². The molecular formula is C96H3Cl27. The van der Waals surface area contributed by atoms with Crippen LogP contribution in [0.15, 0.2) is 18.2 Å². The summed E-state index contributed by atoms with van der Waals surface area (Å²) in [7, 11) is 0. The van der Waals surface area contributed by atoms with Gasteiger partial charge < -0.3 is 0 Å². The van der Waals surface area contributed by atoms with E-state index in [4.69, 9.17) is 313 Å². The fourth-order valence-corrected chi connectivity index (χ4v) is 34.3. The van der Waals surface area contributed by atoms with Crippen LogP contribution in [-0.4, -0.2) is 0 Å². The molecule has 34 aromatic rings. The Morgan fingerprint density at radius 3 is 0.236 bits per heavy atom. The van der Waals surface area contributed by atoms with E-state index in [1.165, 1.54) is 0 Å². The molecule has 0 nitrogen and oxygen atoms in total. The average Bonchev–Trinajstić information content (AvgIpc) is 0.604. The number of fused-ring (bicyclic) bond motifs is 12. The molecule has 0 saturated heterocycles. The van der Waals surface area contributed by atoms with Crippen molar-refractivity contribution in [1.29, 1.82) is 0 Å². The average molecular weight is 2110 g/mol. The molecular weight excluding hydrogens is 2110 g/mol. The minimum absolute atomic E-state index is 0.000623. The Balaban J connectivity index is 1.04. The molecule has 0 bridgehead atoms. The summed E-state index contributed by atoms with van der Waals surface area (Å²) in [6.07, 6.45) is 0. The fourth-order valence-electron chi connectivity index (χ4n) is 27.1. The topological polar surface area (TPSA) is 0 Å². The number of benzene rings is 34. The van der Waals surface area contributed by atoms with Crippen LogP contribution < -0.4 is 0 Å². The molecule has 34 aromatic carbocycles. The number of halogens is 27. The largest absolute Gasteiger partial charge is 0.0819 e. The summed E-state index contributed by atoms with van der Waals surface area (Å²) in [6.45, 7) is 0. The third kappa shape index (κ3) is 6.26. The molecule has 0 amide bonds. The smallest absolute Gasteiger partial charge is 0.0791 e. The highest BCUT2D eigenvalue weighted by Crippen LogP contribution is 2.77. The molecule has 0 aliphatic carbocycles. The highest BCUT2D eigenvalue weighted by atomic mass is 35.5. The molecule has 0 unspecified atom stereocenters. The van der Waals surface area contributed by atoms with Gasteiger partial charge in [0.2, 0.25) is 0 Å². The molecule has 0 saturated carbocycles. The lowest BCUT2D eigenvalue weighted by atomic mass is 9.65. The first-order valence-corrected chi connectivity index (χ1v) is 47.8. The maximum atomic E-state index is 8.32. The van der Waals surface area contributed by atoms with Crippen LogP contribution in [-0.2, 0) is 0 Å². The molecule has 0 aromatic heterocycles. The van der Waals surface area contributed by atoms with Crippen LogP contribution in [0, 0.1) is 0 Å². The van der Waals surface area contributed by atoms with Gasteiger partial charge in [-0.3, -0.25) is 0 Å². The second kappa shape index (κ2) is 20.7. The summed E-state index contributed by atoms with van der Waals surface area (Å²) in [5, 5.41) is 47.6. The summed E-state index contributed by atoms with van der Waals surface area (Å²) in [5.74, 6) is 0. The zero-order valence-corrected chi connectivity index (χ0v) is 78.8. The lowest BCUT2D eigenvalue weighted by Gasteiger charge is -2.37. The van der Waals surface area contributed by atoms with Crippen molar-refractivity contribution in [1.82, 2.24) is 0 Å². The van der Waals surface area contributed by atoms with Crippen molar-refractivity contribution >= 4 is 669 Å². The first kappa shape index (κ1) is 71.1. The van der Waals surface area contributed by atoms with Gasteiger partial charge >= 0.3 is 0 Å². The zero-order chi connectivity index (χ0) is 82.8. The van der Waals surface area contributed by atoms with Gasteiger partial charge in [-0.25, -0.2) is 0 Å². The summed E-state index contributed by atoms with van der Waals surface area (Å²) in [5.41, 5.74) is 0. The van der Waals surface area contributed by atoms with Gasteiger partial charge in [-0.05, 0) is 180 Å². The van der Waals surface area contributed by atoms with Gasteiger partial charge in [-0.1, -0.05) is 313 Å². The summed E-state index contributed by atoms with van der Waals surface area (Å²) in [6, 6.07) is 6.57. The van der Waals surface area contributed by atoms with Gasteiger partial charge in [-0.2, -0.15) is 0 Å². The number of hydrogen-bond donors (Lipinski definition) is 0. The summed E-state index contributed by atoms with van der Waals surface area (Å²) in [4.78, 5) is 0. The quantitative estimate of drug-likeness (QED) is 0.0806. The predicted molar refractivity (Wildman–Crippen MR) is 554 cm³/mol. The van der Waals surface area contributed by atoms with Gasteiger partial charge in [0, 0.05) is 194 Å². The van der Waals surface area contributed by atoms with Crippen LogP contribution in [0.4, 0.5) is 0 Å². The normalized spacial score (nSPS) is 14.5. The predicted octanol–water partition coefficient (Wildman–Crippen LogP) is 45.6. The van der Waals surface area contributed by atoms with Crippen LogP contribution in [0.3, 0.4) is 0 Å². The molecule has 34 rings (SSSR count). The first-order valence-electron chi connectivity index (χ1n) is 37.6. The van der Waals surface area contributed by atoms with Crippen molar-refractivity contribution in [2.45, 2.75) is 0 Å². The zero-order valence-electron chi connectivity index (χ0n) is 58.4. The molecule has 0 fully saturated rings. The highest BCUT2D eigenvalue weighted by molar-refractivity contribution is 6.81. The molecule has 0 aliphatic rings. The van der Waals surface area contributed by atoms with Crippen LogP contribution >= 0.6 is 313 Å². The minimum atomic E-state index is -0.000623. The van der Waals surface area contributed by atoms with Crippen molar-refractivity contribution < 1.29 is 0 Å². The SMILES string of the molecule is Clc1c(Cl)c2c3c(Cl)c(Cl)c(Cl)c4c5cc6c7c(Cl)c(Cl)c(Cl)c8c9c(Cl)c(Cl)c(Cl)c%10c%11c(Cl)c(Cl)c(Cl)c%12c%13cc%14c%15c(Cl)c(Cl)c(Cl)c%16c%17c(Cl)c(Cl)c(Cl)c%18c%19c(Cl)c(Cl)c(Cl)c%20c%21cc%22c%23c(Cl)c(Cl)c(Cl)c%24c(c1Cl)c2c1c(c43)c2c5c3c6c4c(c78)c(c9%10)c(c%12%11)c5c%13c6c%14c7c(c%15%16)c(c%18%17)c(c%20%19)c8c%21c9c%22c(c1c%23%24)c2c1c3c(c45)c6c(c87)c91. The van der Waals surface area contributed by atoms with Gasteiger partial charge in [0.15, 0.2) is 0 Å². The first-order chi connectivity index (χ1) is 59.0. The van der Waals surface area contributed by atoms with Crippen LogP contribution in [0.5, 0.6) is 0 Å². The Morgan fingerprint density at radius 2 is 0.130 bits per heavy atom. The van der Waals surface area contributed by atoms with E-state index >= 15 is 0 Å². The standard InChI is InChI=1S/C96H3Cl27/c97-70-16-4-1-5-11-22-10(4)25-40-27-12-6(18-33-45(27)52-43(25)31(16)58(76(103)88(70)115)64-55(52)66(84(111)94(121)82(64)109)60(33)78(105)90(117)72(18)99)2-8-14-23(12)38-49(40)37(22)50-39-24-13-7(19-34-46-28(13)41(50)26(11)44-32-17(5)71(98)89(116)77(104)59(32)65-56(53(44)46)67(85(112)95(122)83(65)110)61(34)79(106)91(118)73(19)100)3-9-15(24)30-42(51(38)39)29(14)47-35-20(8)74(101)92(119)80(107)62(35)68-57-54(47)48(30)36-21(9)75(102)93(120)81(108)63(36)69(57)87(114)96(123)86(68)113/h1-3H. The van der Waals surface area contributed by atoms with Crippen molar-refractivity contribution in [2.75, 3.05) is 0 Å². The Hall–Kier alpha value is -4.65. The maximum Gasteiger partial charge on any atom is 0.0791 e. The van der Waals surface area contributed by atoms with E-state index in [2.05, 4.69) is 18.2 Å². The molecule has 0 spiro atoms. The van der Waals surface area contributed by atoms with E-state index in [0.717, 1.165) is 178 Å². The molecule has 576 valence electrons. The summed E-state index contributed by atoms with van der Waals surface area (Å²) < 4.78 is 0. The maximum absolute atomic E-state index is 8.32. The van der Waals surface area contributed by atoms with E-state index in [0.29, 0.717) is 178 Å². The Kier molecular flexibility index (Phi) is 11.9. The molecule has 0 radical (unpaired) electrons. The molecule has 0 aliphatic heterocycles. The van der Waals surface area contributed by atoms with Crippen molar-refractivity contribution in [3.8, 4) is 0 Å². The van der Waals surface area contributed by atoms with Crippen LogP contribution in [0.1, 0.15) is 0 Å². The van der Waals surface area contributed by atoms with Crippen molar-refractivity contribution in [2.24, 2.45) is 0 Å². The molecule has 0 heterocycles. The second-order valence-electron chi connectivity index (χ2n) is 33.9. The molecule has 27 heteroatoms. The number of rotatable bonds is 0. The molecule has 0 N–H and O–H groups in total. The number of hydrogen-bond acceptors (Lipinski definition) is 0. The van der Waals surface area contributed by atoms with Crippen LogP contribution in [0.2, 0.25) is 136 Å². The lowest BCUT2D eigenvalue weighted by molar-refractivity contribution is 1.81. The van der Waals surface area contributed by atoms with E-state index in [9.17, 15) is 0 Å². The van der Waals surface area contributed by atoms with Gasteiger partial charge in [0.05, 0.1) is 136 Å². The molecule has 123 heavy (non-hydrogen) atoms. The van der Waals surface area contributed by atoms with E-state index < -0.39 is 0 Å². The third-order valence-corrected chi connectivity index (χ3v) is 42.2. The van der Waals surface area contributed by atoms with Gasteiger partial charge in [0.1, 0.15) is 0 Å². The van der Waals surface area contributed by atoms with Gasteiger partial charge in [0.25, 0.3) is 0 Å². The third-order valence-electron chi connectivity index (χ3n) is 30.3. The van der Waals surface area contributed by atoms with Crippen LogP contribution in [0.25, 0.3) is 355 Å². The minimum Gasteiger partial charge on any atom is -0.0819 e. The van der Waals surface area contributed by atoms with E-state index in [1.54, 1.807) is 0 Å². The fraction of sp³-hybridized carbons (Fsp3) is 0. The second-order valence-corrected chi connectivity index (χ2v) is 44.1. The highest BCUT2D eigenvalue weighted by Gasteiger charge is 2.48. The van der Waals surface area contributed by atoms with Gasteiger partial charge in [-0.15, -0.1) is 0 Å². The van der Waals surface area contributed by atoms with Crippen molar-refractivity contribution in [3.05, 3.63) is 154 Å². The monoisotopic (exact) mass is 2100 g/mol. The molecule has 0 atom stereocenters. The van der Waals surface area contributed by atoms with E-state index in [1.807, 2.05) is 0 Å². The lowest BCUT2D eigenvalue weighted by Crippen LogP contribution is -2.08. The Labute approximate surface area is 812 Å². The Bertz CT molecular complexity index is 9890.